The van der Waals surface area contributed by atoms with Crippen LogP contribution in [0.5, 0.6) is 5.88 Å². The second-order valence-corrected chi connectivity index (χ2v) is 5.81. The lowest BCUT2D eigenvalue weighted by Gasteiger charge is -2.34. The average molecular weight is 270 g/mol. The van der Waals surface area contributed by atoms with Crippen molar-refractivity contribution in [3.63, 3.8) is 0 Å². The number of halogens is 1. The van der Waals surface area contributed by atoms with E-state index in [1.165, 1.54) is 0 Å². The maximum absolute atomic E-state index is 5.99. The van der Waals surface area contributed by atoms with Gasteiger partial charge in [0, 0.05) is 25.0 Å². The number of hydrogen-bond acceptors (Lipinski definition) is 4. The highest BCUT2D eigenvalue weighted by Gasteiger charge is 2.28. The summed E-state index contributed by atoms with van der Waals surface area (Å²) in [5, 5.41) is 0.369. The van der Waals surface area contributed by atoms with Crippen LogP contribution in [0.25, 0.3) is 0 Å². The van der Waals surface area contributed by atoms with Crippen LogP contribution in [0, 0.1) is 5.92 Å². The van der Waals surface area contributed by atoms with E-state index in [0.717, 1.165) is 25.2 Å². The van der Waals surface area contributed by atoms with E-state index >= 15 is 0 Å². The Balaban J connectivity index is 1.94. The van der Waals surface area contributed by atoms with Crippen molar-refractivity contribution >= 4 is 17.4 Å². The summed E-state index contributed by atoms with van der Waals surface area (Å²) >= 11 is 5.99. The van der Waals surface area contributed by atoms with Gasteiger partial charge in [0.2, 0.25) is 5.88 Å². The topological polar surface area (TPSA) is 38.2 Å². The second-order valence-electron chi connectivity index (χ2n) is 5.20. The van der Waals surface area contributed by atoms with E-state index < -0.39 is 0 Å². The quantitative estimate of drug-likeness (QED) is 0.771. The fraction of sp³-hybridized carbons (Fsp3) is 0.692. The minimum absolute atomic E-state index is 0.127. The summed E-state index contributed by atoms with van der Waals surface area (Å²) in [7, 11) is 2.04. The number of anilines is 1. The van der Waals surface area contributed by atoms with Crippen molar-refractivity contribution in [2.75, 3.05) is 18.5 Å². The summed E-state index contributed by atoms with van der Waals surface area (Å²) in [5.41, 5.74) is 0. The summed E-state index contributed by atoms with van der Waals surface area (Å²) in [5.74, 6) is 2.21. The van der Waals surface area contributed by atoms with E-state index in [-0.39, 0.29) is 6.10 Å². The van der Waals surface area contributed by atoms with Gasteiger partial charge in [-0.1, -0.05) is 0 Å². The average Bonchev–Trinajstić information content (AvgIpc) is 2.26. The van der Waals surface area contributed by atoms with Crippen LogP contribution in [0.3, 0.4) is 0 Å². The normalized spacial score (nSPS) is 22.7. The molecule has 1 fully saturated rings. The summed E-state index contributed by atoms with van der Waals surface area (Å²) in [6.07, 6.45) is 3.88. The fourth-order valence-electron chi connectivity index (χ4n) is 2.13. The first-order chi connectivity index (χ1) is 8.54. The molecule has 1 aromatic heterocycles. The summed E-state index contributed by atoms with van der Waals surface area (Å²) < 4.78 is 5.57. The second kappa shape index (κ2) is 5.74. The predicted octanol–water partition coefficient (Wildman–Crippen LogP) is 2.72. The maximum atomic E-state index is 5.99. The van der Waals surface area contributed by atoms with E-state index in [9.17, 15) is 0 Å². The first kappa shape index (κ1) is 13.4. The van der Waals surface area contributed by atoms with Gasteiger partial charge < -0.3 is 9.64 Å². The SMILES string of the molecule is CC(C)Oc1cc(N(C)CC2CC(Cl)C2)ncn1. The molecule has 18 heavy (non-hydrogen) atoms. The molecule has 1 aromatic rings. The minimum atomic E-state index is 0.127. The van der Waals surface area contributed by atoms with Gasteiger partial charge in [0.1, 0.15) is 12.1 Å². The molecule has 0 spiro atoms. The molecule has 100 valence electrons. The Morgan fingerprint density at radius 1 is 1.44 bits per heavy atom. The molecule has 0 bridgehead atoms. The van der Waals surface area contributed by atoms with Crippen molar-refractivity contribution in [3.8, 4) is 5.88 Å². The molecule has 4 nitrogen and oxygen atoms in total. The van der Waals surface area contributed by atoms with Gasteiger partial charge in [-0.2, -0.15) is 0 Å². The van der Waals surface area contributed by atoms with Crippen LogP contribution in [-0.2, 0) is 0 Å². The smallest absolute Gasteiger partial charge is 0.218 e. The Labute approximate surface area is 113 Å². The highest BCUT2D eigenvalue weighted by Crippen LogP contribution is 2.33. The zero-order chi connectivity index (χ0) is 13.1. The molecule has 1 saturated carbocycles. The maximum Gasteiger partial charge on any atom is 0.218 e. The first-order valence-corrected chi connectivity index (χ1v) is 6.82. The van der Waals surface area contributed by atoms with Gasteiger partial charge in [-0.25, -0.2) is 9.97 Å². The van der Waals surface area contributed by atoms with Crippen molar-refractivity contribution < 1.29 is 4.74 Å². The third-order valence-electron chi connectivity index (χ3n) is 3.09. The molecule has 0 amide bonds. The van der Waals surface area contributed by atoms with Crippen molar-refractivity contribution in [1.29, 1.82) is 0 Å². The van der Waals surface area contributed by atoms with Gasteiger partial charge >= 0.3 is 0 Å². The number of nitrogens with zero attached hydrogens (tertiary/aromatic N) is 3. The van der Waals surface area contributed by atoms with Crippen LogP contribution in [-0.4, -0.2) is 35.0 Å². The number of rotatable bonds is 5. The molecular weight excluding hydrogens is 250 g/mol. The first-order valence-electron chi connectivity index (χ1n) is 6.38. The number of alkyl halides is 1. The molecular formula is C13H20ClN3O. The molecule has 0 aliphatic heterocycles. The monoisotopic (exact) mass is 269 g/mol. The van der Waals surface area contributed by atoms with Gasteiger partial charge in [0.25, 0.3) is 0 Å². The number of aromatic nitrogens is 2. The van der Waals surface area contributed by atoms with E-state index in [4.69, 9.17) is 16.3 Å². The number of ether oxygens (including phenoxy) is 1. The lowest BCUT2D eigenvalue weighted by molar-refractivity contribution is 0.232. The third kappa shape index (κ3) is 3.48. The van der Waals surface area contributed by atoms with Crippen LogP contribution in [0.1, 0.15) is 26.7 Å². The molecule has 1 aliphatic rings. The van der Waals surface area contributed by atoms with Crippen LogP contribution in [0.2, 0.25) is 0 Å². The predicted molar refractivity (Wildman–Crippen MR) is 73.4 cm³/mol. The largest absolute Gasteiger partial charge is 0.475 e. The molecule has 0 N–H and O–H groups in total. The minimum Gasteiger partial charge on any atom is -0.475 e. The van der Waals surface area contributed by atoms with Crippen molar-refractivity contribution in [2.45, 2.75) is 38.2 Å². The highest BCUT2D eigenvalue weighted by molar-refractivity contribution is 6.21. The summed E-state index contributed by atoms with van der Waals surface area (Å²) in [4.78, 5) is 10.5. The molecule has 1 heterocycles. The Hall–Kier alpha value is -1.03. The number of hydrogen-bond donors (Lipinski definition) is 0. The molecule has 0 aromatic carbocycles. The van der Waals surface area contributed by atoms with Crippen LogP contribution in [0.4, 0.5) is 5.82 Å². The zero-order valence-corrected chi connectivity index (χ0v) is 11.9. The van der Waals surface area contributed by atoms with Crippen LogP contribution in [0.15, 0.2) is 12.4 Å². The van der Waals surface area contributed by atoms with E-state index in [1.54, 1.807) is 6.33 Å². The highest BCUT2D eigenvalue weighted by atomic mass is 35.5. The van der Waals surface area contributed by atoms with Crippen molar-refractivity contribution in [3.05, 3.63) is 12.4 Å². The summed E-state index contributed by atoms with van der Waals surface area (Å²) in [6.45, 7) is 4.96. The van der Waals surface area contributed by atoms with Crippen molar-refractivity contribution in [1.82, 2.24) is 9.97 Å². The van der Waals surface area contributed by atoms with Gasteiger partial charge in [-0.3, -0.25) is 0 Å². The van der Waals surface area contributed by atoms with Crippen LogP contribution >= 0.6 is 11.6 Å². The zero-order valence-electron chi connectivity index (χ0n) is 11.1. The summed E-state index contributed by atoms with van der Waals surface area (Å²) in [6, 6.07) is 1.89. The lowest BCUT2D eigenvalue weighted by atomic mass is 9.84. The lowest BCUT2D eigenvalue weighted by Crippen LogP contribution is -2.35. The molecule has 2 rings (SSSR count). The molecule has 0 atom stereocenters. The van der Waals surface area contributed by atoms with Gasteiger partial charge in [0.05, 0.1) is 6.10 Å². The molecule has 0 unspecified atom stereocenters. The van der Waals surface area contributed by atoms with Gasteiger partial charge in [0.15, 0.2) is 0 Å². The standard InChI is InChI=1S/C13H20ClN3O/c1-9(2)18-13-6-12(15-8-16-13)17(3)7-10-4-11(14)5-10/h6,8-11H,4-5,7H2,1-3H3. The third-order valence-corrected chi connectivity index (χ3v) is 3.44. The molecule has 1 aliphatic carbocycles. The van der Waals surface area contributed by atoms with E-state index in [1.807, 2.05) is 27.0 Å². The van der Waals surface area contributed by atoms with Gasteiger partial charge in [-0.15, -0.1) is 11.6 Å². The Morgan fingerprint density at radius 2 is 2.17 bits per heavy atom. The van der Waals surface area contributed by atoms with Crippen LogP contribution < -0.4 is 9.64 Å². The Morgan fingerprint density at radius 3 is 2.78 bits per heavy atom. The Bertz CT molecular complexity index is 394. The van der Waals surface area contributed by atoms with E-state index in [0.29, 0.717) is 17.2 Å². The molecule has 0 radical (unpaired) electrons. The van der Waals surface area contributed by atoms with E-state index in [2.05, 4.69) is 14.9 Å². The van der Waals surface area contributed by atoms with Crippen molar-refractivity contribution in [2.24, 2.45) is 5.92 Å². The molecule has 5 heteroatoms. The molecule has 0 saturated heterocycles. The fourth-order valence-corrected chi connectivity index (χ4v) is 2.63. The Kier molecular flexibility index (Phi) is 4.27. The van der Waals surface area contributed by atoms with Gasteiger partial charge in [-0.05, 0) is 32.6 Å².